The van der Waals surface area contributed by atoms with Crippen molar-refractivity contribution in [1.82, 2.24) is 5.32 Å². The second-order valence-electron chi connectivity index (χ2n) is 4.91. The molecule has 0 aliphatic heterocycles. The number of anilines is 2. The predicted molar refractivity (Wildman–Crippen MR) is 89.9 cm³/mol. The Balaban J connectivity index is 2.16. The Kier molecular flexibility index (Phi) is 6.26. The molecule has 0 fully saturated rings. The smallest absolute Gasteiger partial charge is 0.323 e. The highest BCUT2D eigenvalue weighted by Gasteiger charge is 2.14. The molecular formula is C16H14ClF2N3O3. The Morgan fingerprint density at radius 1 is 1.04 bits per heavy atom. The molecule has 0 saturated carbocycles. The van der Waals surface area contributed by atoms with Gasteiger partial charge in [-0.1, -0.05) is 11.6 Å². The highest BCUT2D eigenvalue weighted by atomic mass is 35.5. The number of rotatable bonds is 5. The van der Waals surface area contributed by atoms with Crippen LogP contribution in [0.5, 0.6) is 0 Å². The van der Waals surface area contributed by atoms with Crippen LogP contribution in [0.3, 0.4) is 0 Å². The lowest BCUT2D eigenvalue weighted by molar-refractivity contribution is 0.0945. The average Bonchev–Trinajstić information content (AvgIpc) is 2.51. The summed E-state index contributed by atoms with van der Waals surface area (Å²) in [5.41, 5.74) is 0.00268. The highest BCUT2D eigenvalue weighted by Crippen LogP contribution is 2.20. The van der Waals surface area contributed by atoms with Crippen LogP contribution in [0.2, 0.25) is 5.02 Å². The largest absolute Gasteiger partial charge is 0.395 e. The van der Waals surface area contributed by atoms with Gasteiger partial charge in [0.25, 0.3) is 5.91 Å². The van der Waals surface area contributed by atoms with Gasteiger partial charge in [-0.3, -0.25) is 4.79 Å². The van der Waals surface area contributed by atoms with E-state index in [1.54, 1.807) is 0 Å². The van der Waals surface area contributed by atoms with Gasteiger partial charge in [-0.15, -0.1) is 0 Å². The zero-order valence-corrected chi connectivity index (χ0v) is 13.5. The number of urea groups is 1. The van der Waals surface area contributed by atoms with Gasteiger partial charge in [0.15, 0.2) is 0 Å². The number of benzene rings is 2. The summed E-state index contributed by atoms with van der Waals surface area (Å²) in [5, 5.41) is 15.9. The van der Waals surface area contributed by atoms with E-state index >= 15 is 0 Å². The topological polar surface area (TPSA) is 90.5 Å². The third kappa shape index (κ3) is 5.40. The maximum absolute atomic E-state index is 13.4. The van der Waals surface area contributed by atoms with Gasteiger partial charge in [0, 0.05) is 17.3 Å². The van der Waals surface area contributed by atoms with E-state index in [-0.39, 0.29) is 35.1 Å². The lowest BCUT2D eigenvalue weighted by Gasteiger charge is -2.12. The third-order valence-corrected chi connectivity index (χ3v) is 3.21. The molecule has 4 N–H and O–H groups in total. The van der Waals surface area contributed by atoms with E-state index in [0.29, 0.717) is 0 Å². The number of carbonyl (C=O) groups is 2. The monoisotopic (exact) mass is 369 g/mol. The summed E-state index contributed by atoms with van der Waals surface area (Å²) < 4.78 is 26.7. The van der Waals surface area contributed by atoms with Crippen molar-refractivity contribution in [1.29, 1.82) is 0 Å². The summed E-state index contributed by atoms with van der Waals surface area (Å²) in [7, 11) is 0. The molecule has 0 aliphatic carbocycles. The van der Waals surface area contributed by atoms with Gasteiger partial charge in [0.1, 0.15) is 11.6 Å². The SMILES string of the molecule is O=C(Nc1cc(F)cc(Cl)c1)Nc1cc(F)ccc1C(=O)NCCO. The van der Waals surface area contributed by atoms with Crippen LogP contribution in [-0.4, -0.2) is 30.2 Å². The first-order valence-corrected chi connectivity index (χ1v) is 7.49. The second-order valence-corrected chi connectivity index (χ2v) is 5.34. The van der Waals surface area contributed by atoms with Crippen molar-refractivity contribution in [2.45, 2.75) is 0 Å². The van der Waals surface area contributed by atoms with E-state index in [1.807, 2.05) is 0 Å². The molecule has 3 amide bonds. The Hall–Kier alpha value is -2.71. The number of halogens is 3. The van der Waals surface area contributed by atoms with Crippen LogP contribution in [0, 0.1) is 11.6 Å². The van der Waals surface area contributed by atoms with E-state index in [0.717, 1.165) is 24.3 Å². The zero-order chi connectivity index (χ0) is 18.4. The Bertz CT molecular complexity index is 782. The minimum Gasteiger partial charge on any atom is -0.395 e. The first-order valence-electron chi connectivity index (χ1n) is 7.12. The van der Waals surface area contributed by atoms with Crippen LogP contribution >= 0.6 is 11.6 Å². The molecule has 0 unspecified atom stereocenters. The van der Waals surface area contributed by atoms with Crippen LogP contribution < -0.4 is 16.0 Å². The number of carbonyl (C=O) groups excluding carboxylic acids is 2. The van der Waals surface area contributed by atoms with Gasteiger partial charge in [-0.2, -0.15) is 0 Å². The zero-order valence-electron chi connectivity index (χ0n) is 12.8. The van der Waals surface area contributed by atoms with Crippen LogP contribution in [0.25, 0.3) is 0 Å². The fourth-order valence-electron chi connectivity index (χ4n) is 1.99. The molecule has 0 heterocycles. The van der Waals surface area contributed by atoms with E-state index in [4.69, 9.17) is 16.7 Å². The number of amides is 3. The first kappa shape index (κ1) is 18.6. The van der Waals surface area contributed by atoms with Crippen LogP contribution in [0.1, 0.15) is 10.4 Å². The van der Waals surface area contributed by atoms with Gasteiger partial charge < -0.3 is 21.1 Å². The van der Waals surface area contributed by atoms with Crippen LogP contribution in [-0.2, 0) is 0 Å². The average molecular weight is 370 g/mol. The maximum Gasteiger partial charge on any atom is 0.323 e. The van der Waals surface area contributed by atoms with Crippen molar-refractivity contribution in [2.75, 3.05) is 23.8 Å². The summed E-state index contributed by atoms with van der Waals surface area (Å²) in [6, 6.07) is 5.84. The fraction of sp³-hybridized carbons (Fsp3) is 0.125. The number of hydrogen-bond donors (Lipinski definition) is 4. The molecule has 2 rings (SSSR count). The van der Waals surface area contributed by atoms with Crippen molar-refractivity contribution in [3.05, 3.63) is 58.6 Å². The minimum absolute atomic E-state index is 0.00211. The molecule has 0 aliphatic rings. The number of nitrogens with one attached hydrogen (secondary N) is 3. The normalized spacial score (nSPS) is 10.2. The van der Waals surface area contributed by atoms with Crippen LogP contribution in [0.15, 0.2) is 36.4 Å². The van der Waals surface area contributed by atoms with Gasteiger partial charge >= 0.3 is 6.03 Å². The molecule has 25 heavy (non-hydrogen) atoms. The Morgan fingerprint density at radius 2 is 1.80 bits per heavy atom. The first-order chi connectivity index (χ1) is 11.9. The minimum atomic E-state index is -0.816. The predicted octanol–water partition coefficient (Wildman–Crippen LogP) is 2.98. The van der Waals surface area contributed by atoms with Gasteiger partial charge in [0.05, 0.1) is 17.9 Å². The number of aliphatic hydroxyl groups is 1. The molecule has 2 aromatic carbocycles. The molecule has 9 heteroatoms. The van der Waals surface area contributed by atoms with Gasteiger partial charge in [0.2, 0.25) is 0 Å². The van der Waals surface area contributed by atoms with Crippen molar-refractivity contribution in [3.8, 4) is 0 Å². The molecule has 6 nitrogen and oxygen atoms in total. The van der Waals surface area contributed by atoms with Crippen molar-refractivity contribution >= 4 is 34.9 Å². The summed E-state index contributed by atoms with van der Waals surface area (Å²) in [4.78, 5) is 24.0. The standard InChI is InChI=1S/C16H14ClF2N3O3/c17-9-5-11(19)7-12(6-9)21-16(25)22-14-8-10(18)1-2-13(14)15(24)20-3-4-23/h1-2,5-8,23H,3-4H2,(H,20,24)(H2,21,22,25). The summed E-state index contributed by atoms with van der Waals surface area (Å²) >= 11 is 5.70. The molecule has 0 atom stereocenters. The van der Waals surface area contributed by atoms with Crippen LogP contribution in [0.4, 0.5) is 25.0 Å². The van der Waals surface area contributed by atoms with Crippen molar-refractivity contribution in [3.63, 3.8) is 0 Å². The molecule has 0 saturated heterocycles. The highest BCUT2D eigenvalue weighted by molar-refractivity contribution is 6.31. The van der Waals surface area contributed by atoms with Gasteiger partial charge in [-0.05, 0) is 36.4 Å². The molecule has 0 spiro atoms. The number of aliphatic hydroxyl groups excluding tert-OH is 1. The Morgan fingerprint density at radius 3 is 2.48 bits per heavy atom. The molecule has 2 aromatic rings. The molecular weight excluding hydrogens is 356 g/mol. The van der Waals surface area contributed by atoms with Crippen molar-refractivity contribution in [2.24, 2.45) is 0 Å². The molecule has 132 valence electrons. The van der Waals surface area contributed by atoms with Gasteiger partial charge in [-0.25, -0.2) is 13.6 Å². The number of hydrogen-bond acceptors (Lipinski definition) is 3. The lowest BCUT2D eigenvalue weighted by atomic mass is 10.1. The Labute approximate surface area is 146 Å². The molecule has 0 bridgehead atoms. The summed E-state index contributed by atoms with van der Waals surface area (Å²) in [6.07, 6.45) is 0. The third-order valence-electron chi connectivity index (χ3n) is 2.99. The lowest BCUT2D eigenvalue weighted by Crippen LogP contribution is -2.28. The molecule has 0 radical (unpaired) electrons. The van der Waals surface area contributed by atoms with Crippen molar-refractivity contribution < 1.29 is 23.5 Å². The second kappa shape index (κ2) is 8.41. The quantitative estimate of drug-likeness (QED) is 0.653. The van der Waals surface area contributed by atoms with E-state index in [9.17, 15) is 18.4 Å². The van der Waals surface area contributed by atoms with E-state index in [2.05, 4.69) is 16.0 Å². The maximum atomic E-state index is 13.4. The van der Waals surface area contributed by atoms with E-state index in [1.165, 1.54) is 12.1 Å². The molecule has 0 aromatic heterocycles. The summed E-state index contributed by atoms with van der Waals surface area (Å²) in [5.74, 6) is -1.90. The summed E-state index contributed by atoms with van der Waals surface area (Å²) in [6.45, 7) is -0.264. The fourth-order valence-corrected chi connectivity index (χ4v) is 2.21. The van der Waals surface area contributed by atoms with E-state index < -0.39 is 23.6 Å².